The first-order valence-electron chi connectivity index (χ1n) is 11.1. The van der Waals surface area contributed by atoms with Crippen molar-refractivity contribution in [2.75, 3.05) is 13.1 Å². The van der Waals surface area contributed by atoms with Gasteiger partial charge in [-0.25, -0.2) is 4.39 Å². The van der Waals surface area contributed by atoms with Crippen molar-refractivity contribution >= 4 is 5.91 Å². The van der Waals surface area contributed by atoms with E-state index in [0.29, 0.717) is 12.8 Å². The highest BCUT2D eigenvalue weighted by Gasteiger charge is 2.22. The first-order valence-corrected chi connectivity index (χ1v) is 11.1. The zero-order valence-electron chi connectivity index (χ0n) is 17.1. The third-order valence-electron chi connectivity index (χ3n) is 6.24. The Morgan fingerprint density at radius 2 is 1.90 bits per heavy atom. The summed E-state index contributed by atoms with van der Waals surface area (Å²) < 4.78 is 13.3. The minimum atomic E-state index is -0.246. The number of nitrogens with zero attached hydrogens (tertiary/aromatic N) is 1. The van der Waals surface area contributed by atoms with Gasteiger partial charge in [-0.05, 0) is 86.0 Å². The van der Waals surface area contributed by atoms with Crippen molar-refractivity contribution < 1.29 is 9.18 Å². The molecule has 1 amide bonds. The van der Waals surface area contributed by atoms with Crippen molar-refractivity contribution in [3.63, 3.8) is 0 Å². The number of piperidine rings is 1. The summed E-state index contributed by atoms with van der Waals surface area (Å²) in [6.07, 6.45) is 8.14. The van der Waals surface area contributed by atoms with Gasteiger partial charge in [0.15, 0.2) is 0 Å². The van der Waals surface area contributed by atoms with E-state index in [4.69, 9.17) is 0 Å². The number of carbonyl (C=O) groups excluding carboxylic acids is 1. The third-order valence-corrected chi connectivity index (χ3v) is 6.24. The van der Waals surface area contributed by atoms with E-state index < -0.39 is 0 Å². The van der Waals surface area contributed by atoms with E-state index in [0.717, 1.165) is 31.4 Å². The van der Waals surface area contributed by atoms with Crippen LogP contribution in [0.2, 0.25) is 0 Å². The molecular formula is C25H31FN2O. The van der Waals surface area contributed by atoms with Crippen LogP contribution in [0.1, 0.15) is 66.8 Å². The van der Waals surface area contributed by atoms with Crippen LogP contribution in [0.25, 0.3) is 0 Å². The Morgan fingerprint density at radius 1 is 1.03 bits per heavy atom. The van der Waals surface area contributed by atoms with E-state index in [2.05, 4.69) is 28.4 Å². The standard InChI is InChI=1S/C25H31FN2O/c26-22-8-4-6-19(17-22)11-13-25(29)27-24-9-5-7-21-16-20(10-12-23(21)24)18-28-14-2-1-3-15-28/h4,6,8,10,12,16-17,24H,1-3,5,7,9,11,13-15,18H2,(H,27,29). The van der Waals surface area contributed by atoms with Crippen molar-refractivity contribution in [1.29, 1.82) is 0 Å². The van der Waals surface area contributed by atoms with Crippen LogP contribution in [0.15, 0.2) is 42.5 Å². The number of carbonyl (C=O) groups is 1. The summed E-state index contributed by atoms with van der Waals surface area (Å²) in [6, 6.07) is 13.4. The number of hydrogen-bond acceptors (Lipinski definition) is 2. The zero-order chi connectivity index (χ0) is 20.1. The number of benzene rings is 2. The van der Waals surface area contributed by atoms with Crippen LogP contribution in [0.5, 0.6) is 0 Å². The Hall–Kier alpha value is -2.20. The van der Waals surface area contributed by atoms with Gasteiger partial charge in [0.05, 0.1) is 6.04 Å². The summed E-state index contributed by atoms with van der Waals surface area (Å²) in [5, 5.41) is 3.22. The highest BCUT2D eigenvalue weighted by atomic mass is 19.1. The number of rotatable bonds is 6. The number of nitrogens with one attached hydrogen (secondary N) is 1. The lowest BCUT2D eigenvalue weighted by Crippen LogP contribution is -2.31. The maximum atomic E-state index is 13.3. The Kier molecular flexibility index (Phi) is 6.60. The Bertz CT molecular complexity index is 844. The van der Waals surface area contributed by atoms with Crippen LogP contribution < -0.4 is 5.32 Å². The zero-order valence-corrected chi connectivity index (χ0v) is 17.1. The molecule has 2 aromatic rings. The van der Waals surface area contributed by atoms with Gasteiger partial charge >= 0.3 is 0 Å². The fraction of sp³-hybridized carbons (Fsp3) is 0.480. The fourth-order valence-corrected chi connectivity index (χ4v) is 4.71. The largest absolute Gasteiger partial charge is 0.349 e. The van der Waals surface area contributed by atoms with Crippen LogP contribution in [0, 0.1) is 5.82 Å². The molecule has 0 bridgehead atoms. The number of likely N-dealkylation sites (tertiary alicyclic amines) is 1. The van der Waals surface area contributed by atoms with Crippen molar-refractivity contribution in [3.05, 3.63) is 70.5 Å². The number of fused-ring (bicyclic) bond motifs is 1. The molecule has 1 saturated heterocycles. The normalized spacial score (nSPS) is 19.6. The molecule has 1 atom stereocenters. The van der Waals surface area contributed by atoms with Gasteiger partial charge in [-0.1, -0.05) is 36.8 Å². The van der Waals surface area contributed by atoms with E-state index in [9.17, 15) is 9.18 Å². The van der Waals surface area contributed by atoms with E-state index in [1.54, 1.807) is 6.07 Å². The SMILES string of the molecule is O=C(CCc1cccc(F)c1)NC1CCCc2cc(CN3CCCCC3)ccc21. The topological polar surface area (TPSA) is 32.3 Å². The molecule has 4 heteroatoms. The summed E-state index contributed by atoms with van der Waals surface area (Å²) in [4.78, 5) is 15.1. The molecule has 1 heterocycles. The van der Waals surface area contributed by atoms with Gasteiger partial charge in [-0.2, -0.15) is 0 Å². The van der Waals surface area contributed by atoms with Gasteiger partial charge in [0.2, 0.25) is 5.91 Å². The highest BCUT2D eigenvalue weighted by molar-refractivity contribution is 5.76. The van der Waals surface area contributed by atoms with Crippen LogP contribution in [0.4, 0.5) is 4.39 Å². The van der Waals surface area contributed by atoms with Gasteiger partial charge in [0.25, 0.3) is 0 Å². The summed E-state index contributed by atoms with van der Waals surface area (Å²) in [6.45, 7) is 3.46. The summed E-state index contributed by atoms with van der Waals surface area (Å²) in [5.74, 6) is -0.200. The fourth-order valence-electron chi connectivity index (χ4n) is 4.71. The number of aryl methyl sites for hydroxylation is 2. The molecule has 29 heavy (non-hydrogen) atoms. The first-order chi connectivity index (χ1) is 14.2. The lowest BCUT2D eigenvalue weighted by atomic mass is 9.86. The molecule has 2 aromatic carbocycles. The summed E-state index contributed by atoms with van der Waals surface area (Å²) >= 11 is 0. The minimum Gasteiger partial charge on any atom is -0.349 e. The van der Waals surface area contributed by atoms with Crippen molar-refractivity contribution in [3.8, 4) is 0 Å². The Balaban J connectivity index is 1.35. The van der Waals surface area contributed by atoms with Gasteiger partial charge in [-0.15, -0.1) is 0 Å². The van der Waals surface area contributed by atoms with Gasteiger partial charge in [-0.3, -0.25) is 9.69 Å². The van der Waals surface area contributed by atoms with Crippen LogP contribution in [-0.4, -0.2) is 23.9 Å². The van der Waals surface area contributed by atoms with E-state index in [1.165, 1.54) is 61.2 Å². The quantitative estimate of drug-likeness (QED) is 0.753. The van der Waals surface area contributed by atoms with E-state index in [1.807, 2.05) is 6.07 Å². The summed E-state index contributed by atoms with van der Waals surface area (Å²) in [7, 11) is 0. The molecule has 0 aromatic heterocycles. The van der Waals surface area contributed by atoms with Crippen molar-refractivity contribution in [2.24, 2.45) is 0 Å². The minimum absolute atomic E-state index is 0.0458. The molecule has 1 N–H and O–H groups in total. The average molecular weight is 395 g/mol. The first kappa shape index (κ1) is 20.1. The van der Waals surface area contributed by atoms with Crippen LogP contribution in [0.3, 0.4) is 0 Å². The lowest BCUT2D eigenvalue weighted by Gasteiger charge is -2.29. The van der Waals surface area contributed by atoms with Gasteiger partial charge in [0.1, 0.15) is 5.82 Å². The number of halogens is 1. The Labute approximate surface area is 173 Å². The molecule has 1 unspecified atom stereocenters. The van der Waals surface area contributed by atoms with Gasteiger partial charge < -0.3 is 5.32 Å². The second-order valence-corrected chi connectivity index (χ2v) is 8.51. The molecule has 0 spiro atoms. The predicted octanol–water partition coefficient (Wildman–Crippen LogP) is 4.94. The maximum absolute atomic E-state index is 13.3. The number of hydrogen-bond donors (Lipinski definition) is 1. The molecular weight excluding hydrogens is 363 g/mol. The monoisotopic (exact) mass is 394 g/mol. The molecule has 3 nitrogen and oxygen atoms in total. The van der Waals surface area contributed by atoms with Crippen LogP contribution >= 0.6 is 0 Å². The molecule has 154 valence electrons. The second-order valence-electron chi connectivity index (χ2n) is 8.51. The lowest BCUT2D eigenvalue weighted by molar-refractivity contribution is -0.121. The second kappa shape index (κ2) is 9.53. The average Bonchev–Trinajstić information content (AvgIpc) is 2.73. The highest BCUT2D eigenvalue weighted by Crippen LogP contribution is 2.31. The van der Waals surface area contributed by atoms with Crippen molar-refractivity contribution in [1.82, 2.24) is 10.2 Å². The molecule has 1 aliphatic heterocycles. The Morgan fingerprint density at radius 3 is 2.72 bits per heavy atom. The van der Waals surface area contributed by atoms with E-state index in [-0.39, 0.29) is 17.8 Å². The molecule has 0 radical (unpaired) electrons. The maximum Gasteiger partial charge on any atom is 0.220 e. The van der Waals surface area contributed by atoms with Crippen molar-refractivity contribution in [2.45, 2.75) is 64.0 Å². The van der Waals surface area contributed by atoms with Crippen LogP contribution in [-0.2, 0) is 24.2 Å². The van der Waals surface area contributed by atoms with Gasteiger partial charge in [0, 0.05) is 13.0 Å². The van der Waals surface area contributed by atoms with E-state index >= 15 is 0 Å². The molecule has 1 aliphatic carbocycles. The smallest absolute Gasteiger partial charge is 0.220 e. The number of amides is 1. The summed E-state index contributed by atoms with van der Waals surface area (Å²) in [5.41, 5.74) is 4.93. The molecule has 4 rings (SSSR count). The molecule has 2 aliphatic rings. The third kappa shape index (κ3) is 5.45. The predicted molar refractivity (Wildman–Crippen MR) is 114 cm³/mol. The molecule has 0 saturated carbocycles. The molecule has 1 fully saturated rings.